The van der Waals surface area contributed by atoms with Crippen molar-refractivity contribution in [1.82, 2.24) is 4.90 Å². The molecule has 0 aromatic carbocycles. The van der Waals surface area contributed by atoms with Crippen LogP contribution in [0.15, 0.2) is 0 Å². The number of aliphatic hydroxyl groups is 1. The molecule has 1 atom stereocenters. The quantitative estimate of drug-likeness (QED) is 0.719. The Hall–Kier alpha value is -0.120. The second kappa shape index (κ2) is 8.48. The van der Waals surface area contributed by atoms with Gasteiger partial charge in [0.2, 0.25) is 0 Å². The Balaban J connectivity index is 0.000000671. The molecule has 0 amide bonds. The van der Waals surface area contributed by atoms with Gasteiger partial charge >= 0.3 is 0 Å². The van der Waals surface area contributed by atoms with Crippen LogP contribution in [0, 0.1) is 0 Å². The van der Waals surface area contributed by atoms with Crippen molar-refractivity contribution in [3.63, 3.8) is 0 Å². The fourth-order valence-corrected chi connectivity index (χ4v) is 1.60. The van der Waals surface area contributed by atoms with Gasteiger partial charge in [-0.1, -0.05) is 13.8 Å². The first kappa shape index (κ1) is 12.9. The topological polar surface area (TPSA) is 32.7 Å². The highest BCUT2D eigenvalue weighted by Crippen LogP contribution is 2.15. The highest BCUT2D eigenvalue weighted by molar-refractivity contribution is 4.77. The number of hydrogen-bond acceptors (Lipinski definition) is 3. The van der Waals surface area contributed by atoms with E-state index in [0.717, 1.165) is 26.1 Å². The van der Waals surface area contributed by atoms with E-state index in [2.05, 4.69) is 4.90 Å². The average Bonchev–Trinajstić information content (AvgIpc) is 2.65. The van der Waals surface area contributed by atoms with Crippen molar-refractivity contribution in [1.29, 1.82) is 0 Å². The molecule has 0 aromatic rings. The lowest BCUT2D eigenvalue weighted by Gasteiger charge is -2.21. The minimum atomic E-state index is 0.295. The summed E-state index contributed by atoms with van der Waals surface area (Å²) in [5.74, 6) is 0. The number of ether oxygens (including phenoxy) is 1. The first-order valence-electron chi connectivity index (χ1n) is 5.22. The average molecular weight is 189 g/mol. The Morgan fingerprint density at radius 1 is 1.46 bits per heavy atom. The fraction of sp³-hybridized carbons (Fsp3) is 1.00. The summed E-state index contributed by atoms with van der Waals surface area (Å²) in [4.78, 5) is 2.30. The molecule has 80 valence electrons. The van der Waals surface area contributed by atoms with Crippen LogP contribution in [0.1, 0.15) is 26.7 Å². The molecule has 0 bridgehead atoms. The molecular formula is C10H23NO2. The highest BCUT2D eigenvalue weighted by Gasteiger charge is 2.22. The summed E-state index contributed by atoms with van der Waals surface area (Å²) in [6.45, 7) is 7.15. The third-order valence-corrected chi connectivity index (χ3v) is 2.29. The summed E-state index contributed by atoms with van der Waals surface area (Å²) < 4.78 is 4.97. The zero-order chi connectivity index (χ0) is 10.1. The van der Waals surface area contributed by atoms with Crippen molar-refractivity contribution in [2.45, 2.75) is 32.7 Å². The minimum absolute atomic E-state index is 0.295. The van der Waals surface area contributed by atoms with E-state index < -0.39 is 0 Å². The molecule has 13 heavy (non-hydrogen) atoms. The Morgan fingerprint density at radius 3 is 2.69 bits per heavy atom. The standard InChI is InChI=1S/C8H17NO2.C2H6/c1-11-6-5-9-4-2-3-8(9)7-10;1-2/h8,10H,2-7H2,1H3;1-2H3. The number of aliphatic hydroxyl groups excluding tert-OH is 1. The van der Waals surface area contributed by atoms with E-state index in [1.807, 2.05) is 13.8 Å². The summed E-state index contributed by atoms with van der Waals surface area (Å²) in [6, 6.07) is 0.394. The molecule has 3 nitrogen and oxygen atoms in total. The van der Waals surface area contributed by atoms with Gasteiger partial charge in [-0.2, -0.15) is 0 Å². The lowest BCUT2D eigenvalue weighted by molar-refractivity contribution is 0.113. The molecule has 1 unspecified atom stereocenters. The Bertz CT molecular complexity index is 109. The van der Waals surface area contributed by atoms with Crippen LogP contribution in [0.4, 0.5) is 0 Å². The smallest absolute Gasteiger partial charge is 0.0589 e. The monoisotopic (exact) mass is 189 g/mol. The van der Waals surface area contributed by atoms with Gasteiger partial charge in [0.25, 0.3) is 0 Å². The molecule has 1 aliphatic rings. The normalized spacial score (nSPS) is 22.6. The maximum atomic E-state index is 8.95. The molecule has 1 rings (SSSR count). The van der Waals surface area contributed by atoms with Crippen LogP contribution >= 0.6 is 0 Å². The zero-order valence-electron chi connectivity index (χ0n) is 9.12. The summed E-state index contributed by atoms with van der Waals surface area (Å²) >= 11 is 0. The zero-order valence-corrected chi connectivity index (χ0v) is 9.12. The van der Waals surface area contributed by atoms with E-state index in [1.165, 1.54) is 6.42 Å². The largest absolute Gasteiger partial charge is 0.395 e. The molecular weight excluding hydrogens is 166 g/mol. The Labute approximate surface area is 81.7 Å². The van der Waals surface area contributed by atoms with Gasteiger partial charge < -0.3 is 9.84 Å². The van der Waals surface area contributed by atoms with E-state index in [1.54, 1.807) is 7.11 Å². The summed E-state index contributed by atoms with van der Waals surface area (Å²) in [7, 11) is 1.71. The molecule has 0 spiro atoms. The summed E-state index contributed by atoms with van der Waals surface area (Å²) in [5.41, 5.74) is 0. The molecule has 1 fully saturated rings. The Morgan fingerprint density at radius 2 is 2.15 bits per heavy atom. The third-order valence-electron chi connectivity index (χ3n) is 2.29. The van der Waals surface area contributed by atoms with Crippen LogP contribution < -0.4 is 0 Å². The van der Waals surface area contributed by atoms with Crippen molar-refractivity contribution < 1.29 is 9.84 Å². The third kappa shape index (κ3) is 4.60. The lowest BCUT2D eigenvalue weighted by Crippen LogP contribution is -2.34. The number of rotatable bonds is 4. The lowest BCUT2D eigenvalue weighted by atomic mass is 10.2. The van der Waals surface area contributed by atoms with Crippen LogP contribution in [-0.2, 0) is 4.74 Å². The van der Waals surface area contributed by atoms with Crippen molar-refractivity contribution >= 4 is 0 Å². The molecule has 1 saturated heterocycles. The highest BCUT2D eigenvalue weighted by atomic mass is 16.5. The van der Waals surface area contributed by atoms with E-state index in [9.17, 15) is 0 Å². The van der Waals surface area contributed by atoms with Gasteiger partial charge in [0, 0.05) is 19.7 Å². The van der Waals surface area contributed by atoms with Crippen molar-refractivity contribution in [2.24, 2.45) is 0 Å². The predicted molar refractivity (Wildman–Crippen MR) is 54.9 cm³/mol. The van der Waals surface area contributed by atoms with Crippen LogP contribution in [-0.4, -0.2) is 49.5 Å². The first-order chi connectivity index (χ1) is 6.38. The molecule has 1 heterocycles. The van der Waals surface area contributed by atoms with Gasteiger partial charge in [-0.3, -0.25) is 4.90 Å². The van der Waals surface area contributed by atoms with Gasteiger partial charge in [0.05, 0.1) is 13.2 Å². The van der Waals surface area contributed by atoms with E-state index in [4.69, 9.17) is 9.84 Å². The molecule has 0 aliphatic carbocycles. The minimum Gasteiger partial charge on any atom is -0.395 e. The van der Waals surface area contributed by atoms with Crippen molar-refractivity contribution in [3.8, 4) is 0 Å². The number of nitrogens with zero attached hydrogens (tertiary/aromatic N) is 1. The van der Waals surface area contributed by atoms with Crippen LogP contribution in [0.5, 0.6) is 0 Å². The van der Waals surface area contributed by atoms with E-state index in [0.29, 0.717) is 12.6 Å². The SMILES string of the molecule is CC.COCCN1CCCC1CO. The molecule has 3 heteroatoms. The van der Waals surface area contributed by atoms with Gasteiger partial charge in [-0.15, -0.1) is 0 Å². The number of methoxy groups -OCH3 is 1. The number of likely N-dealkylation sites (tertiary alicyclic amines) is 1. The maximum Gasteiger partial charge on any atom is 0.0589 e. The summed E-state index contributed by atoms with van der Waals surface area (Å²) in [6.07, 6.45) is 2.36. The summed E-state index contributed by atoms with van der Waals surface area (Å²) in [5, 5.41) is 8.95. The van der Waals surface area contributed by atoms with Gasteiger partial charge in [0.1, 0.15) is 0 Å². The molecule has 0 saturated carbocycles. The van der Waals surface area contributed by atoms with E-state index in [-0.39, 0.29) is 0 Å². The maximum absolute atomic E-state index is 8.95. The molecule has 1 N–H and O–H groups in total. The second-order valence-electron chi connectivity index (χ2n) is 3.01. The molecule has 0 aromatic heterocycles. The van der Waals surface area contributed by atoms with Crippen molar-refractivity contribution in [2.75, 3.05) is 33.4 Å². The second-order valence-corrected chi connectivity index (χ2v) is 3.01. The van der Waals surface area contributed by atoms with Gasteiger partial charge in [-0.05, 0) is 19.4 Å². The van der Waals surface area contributed by atoms with E-state index >= 15 is 0 Å². The van der Waals surface area contributed by atoms with Gasteiger partial charge in [0.15, 0.2) is 0 Å². The predicted octanol–water partition coefficient (Wildman–Crippen LogP) is 1.12. The molecule has 1 aliphatic heterocycles. The van der Waals surface area contributed by atoms with Crippen LogP contribution in [0.2, 0.25) is 0 Å². The Kier molecular flexibility index (Phi) is 8.40. The first-order valence-corrected chi connectivity index (χ1v) is 5.22. The van der Waals surface area contributed by atoms with Gasteiger partial charge in [-0.25, -0.2) is 0 Å². The van der Waals surface area contributed by atoms with Crippen LogP contribution in [0.25, 0.3) is 0 Å². The number of hydrogen-bond donors (Lipinski definition) is 1. The molecule has 0 radical (unpaired) electrons. The fourth-order valence-electron chi connectivity index (χ4n) is 1.60. The van der Waals surface area contributed by atoms with Crippen molar-refractivity contribution in [3.05, 3.63) is 0 Å². The van der Waals surface area contributed by atoms with Crippen LogP contribution in [0.3, 0.4) is 0 Å².